The number of para-hydroxylation sites is 1. The maximum atomic E-state index is 10.5. The molecule has 38 heavy (non-hydrogen) atoms. The van der Waals surface area contributed by atoms with Crippen LogP contribution in [0.25, 0.3) is 28.2 Å². The van der Waals surface area contributed by atoms with E-state index in [1.807, 2.05) is 42.5 Å². The zero-order valence-electron chi connectivity index (χ0n) is 22.4. The van der Waals surface area contributed by atoms with E-state index in [1.54, 1.807) is 0 Å². The number of aliphatic carboxylic acids is 1. The number of hydrogen-bond acceptors (Lipinski definition) is 4. The van der Waals surface area contributed by atoms with E-state index in [1.165, 1.54) is 6.42 Å². The first-order valence-electron chi connectivity index (χ1n) is 13.4. The number of benzene rings is 3. The molecule has 0 saturated carbocycles. The summed E-state index contributed by atoms with van der Waals surface area (Å²) in [5, 5.41) is 10.5. The molecule has 4 rings (SSSR count). The summed E-state index contributed by atoms with van der Waals surface area (Å²) in [5.74, 6) is -0.945. The molecule has 0 saturated heterocycles. The van der Waals surface area contributed by atoms with Crippen LogP contribution >= 0.6 is 0 Å². The standard InChI is InChI=1S/C32H36N2O3.Na/c35-29(36)24-16-5-3-1-2-4-6-17-25-37-32-33-30(26-18-10-7-11-19-26)31(27-20-12-8-13-21-27)34(32)28-22-14-9-15-23-28;/h7-15,18-23H,1-6,16-17,24-25H2,(H,35,36);/q;+1/p-1. The van der Waals surface area contributed by atoms with Gasteiger partial charge < -0.3 is 14.6 Å². The molecule has 192 valence electrons. The second-order valence-corrected chi connectivity index (χ2v) is 9.29. The number of ether oxygens (including phenoxy) is 1. The summed E-state index contributed by atoms with van der Waals surface area (Å²) < 4.78 is 8.46. The Morgan fingerprint density at radius 2 is 1.18 bits per heavy atom. The van der Waals surface area contributed by atoms with E-state index in [2.05, 4.69) is 53.1 Å². The van der Waals surface area contributed by atoms with Gasteiger partial charge in [-0.2, -0.15) is 4.98 Å². The quantitative estimate of drug-likeness (QED) is 0.177. The third-order valence-electron chi connectivity index (χ3n) is 6.46. The van der Waals surface area contributed by atoms with Crippen LogP contribution in [0.1, 0.15) is 57.8 Å². The van der Waals surface area contributed by atoms with Crippen LogP contribution in [0.5, 0.6) is 6.01 Å². The number of hydrogen-bond donors (Lipinski definition) is 0. The van der Waals surface area contributed by atoms with E-state index < -0.39 is 5.97 Å². The van der Waals surface area contributed by atoms with Crippen LogP contribution in [0.3, 0.4) is 0 Å². The molecule has 0 aliphatic rings. The molecule has 0 atom stereocenters. The van der Waals surface area contributed by atoms with Crippen LogP contribution in [-0.2, 0) is 4.79 Å². The molecule has 0 spiro atoms. The van der Waals surface area contributed by atoms with Crippen LogP contribution in [0, 0.1) is 0 Å². The SMILES string of the molecule is O=C([O-])CCCCCCCCCCOc1nc(-c2ccccc2)c(-c2ccccc2)n1-c1ccccc1.[Na+]. The van der Waals surface area contributed by atoms with Crippen LogP contribution in [0.4, 0.5) is 0 Å². The van der Waals surface area contributed by atoms with E-state index in [0.717, 1.165) is 73.1 Å². The Balaban J connectivity index is 0.00000400. The van der Waals surface area contributed by atoms with Gasteiger partial charge in [-0.25, -0.2) is 0 Å². The second-order valence-electron chi connectivity index (χ2n) is 9.29. The monoisotopic (exact) mass is 518 g/mol. The average molecular weight is 519 g/mol. The Labute approximate surface area is 248 Å². The third kappa shape index (κ3) is 8.59. The fourth-order valence-electron chi connectivity index (χ4n) is 4.57. The minimum atomic E-state index is -0.945. The Hall–Kier alpha value is -2.86. The van der Waals surface area contributed by atoms with E-state index in [9.17, 15) is 9.90 Å². The molecule has 0 aliphatic heterocycles. The number of carboxylic acids is 1. The Bertz CT molecular complexity index is 1230. The molecule has 6 heteroatoms. The van der Waals surface area contributed by atoms with Crippen molar-refractivity contribution in [2.45, 2.75) is 57.8 Å². The predicted octanol–water partition coefficient (Wildman–Crippen LogP) is 3.85. The van der Waals surface area contributed by atoms with E-state index >= 15 is 0 Å². The Morgan fingerprint density at radius 1 is 0.684 bits per heavy atom. The molecular weight excluding hydrogens is 483 g/mol. The number of nitrogens with zero attached hydrogens (tertiary/aromatic N) is 2. The van der Waals surface area contributed by atoms with Crippen molar-refractivity contribution in [2.24, 2.45) is 0 Å². The smallest absolute Gasteiger partial charge is 0.550 e. The second kappa shape index (κ2) is 16.2. The maximum absolute atomic E-state index is 10.5. The predicted molar refractivity (Wildman–Crippen MR) is 146 cm³/mol. The molecule has 0 bridgehead atoms. The average Bonchev–Trinajstić information content (AvgIpc) is 3.32. The normalized spacial score (nSPS) is 10.6. The van der Waals surface area contributed by atoms with Crippen LogP contribution in [-0.4, -0.2) is 22.1 Å². The summed E-state index contributed by atoms with van der Waals surface area (Å²) in [6.45, 7) is 0.609. The van der Waals surface area contributed by atoms with Gasteiger partial charge in [-0.15, -0.1) is 0 Å². The van der Waals surface area contributed by atoms with Crippen molar-refractivity contribution in [1.82, 2.24) is 9.55 Å². The number of rotatable bonds is 15. The molecule has 3 aromatic carbocycles. The third-order valence-corrected chi connectivity index (χ3v) is 6.46. The first-order valence-corrected chi connectivity index (χ1v) is 13.4. The minimum Gasteiger partial charge on any atom is -0.550 e. The summed E-state index contributed by atoms with van der Waals surface area (Å²) >= 11 is 0. The van der Waals surface area contributed by atoms with Crippen molar-refractivity contribution in [3.05, 3.63) is 91.0 Å². The minimum absolute atomic E-state index is 0. The largest absolute Gasteiger partial charge is 1.00 e. The summed E-state index contributed by atoms with van der Waals surface area (Å²) in [5.41, 5.74) is 5.09. The van der Waals surface area contributed by atoms with Gasteiger partial charge in [0.2, 0.25) is 0 Å². The molecule has 1 aromatic heterocycles. The molecule has 0 fully saturated rings. The van der Waals surface area contributed by atoms with Crippen molar-refractivity contribution >= 4 is 5.97 Å². The topological polar surface area (TPSA) is 67.2 Å². The van der Waals surface area contributed by atoms with Crippen molar-refractivity contribution < 1.29 is 44.2 Å². The molecule has 0 N–H and O–H groups in total. The van der Waals surface area contributed by atoms with Gasteiger partial charge in [0, 0.05) is 17.1 Å². The van der Waals surface area contributed by atoms with Gasteiger partial charge in [-0.3, -0.25) is 4.57 Å². The van der Waals surface area contributed by atoms with Gasteiger partial charge in [0.15, 0.2) is 0 Å². The fraction of sp³-hybridized carbons (Fsp3) is 0.312. The molecule has 5 nitrogen and oxygen atoms in total. The fourth-order valence-corrected chi connectivity index (χ4v) is 4.57. The van der Waals surface area contributed by atoms with E-state index in [4.69, 9.17) is 9.72 Å². The summed E-state index contributed by atoms with van der Waals surface area (Å²) in [6.07, 6.45) is 8.48. The number of unbranched alkanes of at least 4 members (excludes halogenated alkanes) is 7. The summed E-state index contributed by atoms with van der Waals surface area (Å²) in [4.78, 5) is 15.5. The summed E-state index contributed by atoms with van der Waals surface area (Å²) in [7, 11) is 0. The number of carbonyl (C=O) groups is 1. The molecular formula is C32H35N2NaO3. The van der Waals surface area contributed by atoms with Gasteiger partial charge in [-0.05, 0) is 31.4 Å². The van der Waals surface area contributed by atoms with E-state index in [0.29, 0.717) is 12.6 Å². The van der Waals surface area contributed by atoms with Gasteiger partial charge >= 0.3 is 35.6 Å². The van der Waals surface area contributed by atoms with Crippen LogP contribution in [0.15, 0.2) is 91.0 Å². The Kier molecular flexibility index (Phi) is 12.6. The van der Waals surface area contributed by atoms with Gasteiger partial charge in [0.1, 0.15) is 5.69 Å². The zero-order valence-corrected chi connectivity index (χ0v) is 24.4. The Morgan fingerprint density at radius 3 is 1.76 bits per heavy atom. The van der Waals surface area contributed by atoms with Gasteiger partial charge in [0.25, 0.3) is 0 Å². The molecule has 4 aromatic rings. The van der Waals surface area contributed by atoms with Crippen molar-refractivity contribution in [2.75, 3.05) is 6.61 Å². The molecule has 0 unspecified atom stereocenters. The van der Waals surface area contributed by atoms with Crippen LogP contribution < -0.4 is 39.4 Å². The van der Waals surface area contributed by atoms with Crippen molar-refractivity contribution in [3.8, 4) is 34.2 Å². The zero-order chi connectivity index (χ0) is 25.7. The molecule has 0 aliphatic carbocycles. The van der Waals surface area contributed by atoms with Gasteiger partial charge in [-0.1, -0.05) is 117 Å². The van der Waals surface area contributed by atoms with Crippen LogP contribution in [0.2, 0.25) is 0 Å². The molecule has 0 radical (unpaired) electrons. The number of imidazole rings is 1. The number of aromatic nitrogens is 2. The van der Waals surface area contributed by atoms with Crippen molar-refractivity contribution in [3.63, 3.8) is 0 Å². The summed E-state index contributed by atoms with van der Waals surface area (Å²) in [6, 6.07) is 31.5. The molecule has 1 heterocycles. The van der Waals surface area contributed by atoms with Gasteiger partial charge in [0.05, 0.1) is 18.0 Å². The van der Waals surface area contributed by atoms with Crippen molar-refractivity contribution in [1.29, 1.82) is 0 Å². The maximum Gasteiger partial charge on any atom is 1.00 e. The first kappa shape index (κ1) is 29.7. The number of carbonyl (C=O) groups excluding carboxylic acids is 1. The molecule has 0 amide bonds. The number of carboxylic acid groups (broad SMARTS) is 1. The van der Waals surface area contributed by atoms with E-state index in [-0.39, 0.29) is 36.0 Å². The first-order chi connectivity index (χ1) is 18.2.